The molecule has 0 saturated carbocycles. The van der Waals surface area contributed by atoms with Gasteiger partial charge >= 0.3 is 0 Å². The topological polar surface area (TPSA) is 9.23 Å². The van der Waals surface area contributed by atoms with Gasteiger partial charge < -0.3 is 4.74 Å². The molecule has 0 N–H and O–H groups in total. The van der Waals surface area contributed by atoms with Crippen molar-refractivity contribution in [3.63, 3.8) is 0 Å². The molecule has 0 heterocycles. The average Bonchev–Trinajstić information content (AvgIpc) is 2.55. The lowest BCUT2D eigenvalue weighted by molar-refractivity contribution is -0.0754. The number of rotatable bonds is 8. The van der Waals surface area contributed by atoms with E-state index in [1.165, 1.54) is 11.1 Å². The maximum atomic E-state index is 6.48. The lowest BCUT2D eigenvalue weighted by atomic mass is 9.85. The molecule has 21 heavy (non-hydrogen) atoms. The molecule has 0 aliphatic heterocycles. The summed E-state index contributed by atoms with van der Waals surface area (Å²) in [5, 5.41) is 0. The first-order chi connectivity index (χ1) is 10.3. The molecule has 0 aliphatic carbocycles. The Labute approximate surface area is 129 Å². The monoisotopic (exact) mass is 282 g/mol. The van der Waals surface area contributed by atoms with Gasteiger partial charge in [-0.3, -0.25) is 0 Å². The minimum atomic E-state index is -0.152. The van der Waals surface area contributed by atoms with Gasteiger partial charge in [0.25, 0.3) is 0 Å². The zero-order chi connectivity index (χ0) is 15.0. The molecule has 2 aromatic rings. The number of benzene rings is 2. The maximum Gasteiger partial charge on any atom is 0.0935 e. The van der Waals surface area contributed by atoms with E-state index in [2.05, 4.69) is 68.4 Å². The second-order valence-electron chi connectivity index (χ2n) is 5.63. The Bertz CT molecular complexity index is 498. The van der Waals surface area contributed by atoms with E-state index in [1.54, 1.807) is 0 Å². The third kappa shape index (κ3) is 4.18. The van der Waals surface area contributed by atoms with Gasteiger partial charge in [0.2, 0.25) is 0 Å². The molecule has 2 rings (SSSR count). The second kappa shape index (κ2) is 7.99. The van der Waals surface area contributed by atoms with Gasteiger partial charge in [-0.2, -0.15) is 0 Å². The Hall–Kier alpha value is -1.60. The molecule has 112 valence electrons. The van der Waals surface area contributed by atoms with Crippen LogP contribution in [0.25, 0.3) is 0 Å². The molecule has 1 heteroatoms. The van der Waals surface area contributed by atoms with Crippen molar-refractivity contribution < 1.29 is 4.74 Å². The van der Waals surface area contributed by atoms with E-state index >= 15 is 0 Å². The van der Waals surface area contributed by atoms with E-state index in [4.69, 9.17) is 4.74 Å². The minimum Gasteiger partial charge on any atom is -0.366 e. The van der Waals surface area contributed by atoms with Gasteiger partial charge in [0.15, 0.2) is 0 Å². The quantitative estimate of drug-likeness (QED) is 0.603. The highest BCUT2D eigenvalue weighted by atomic mass is 16.5. The smallest absolute Gasteiger partial charge is 0.0935 e. The lowest BCUT2D eigenvalue weighted by Crippen LogP contribution is -2.29. The molecule has 0 amide bonds. The molecule has 0 aromatic heterocycles. The Morgan fingerprint density at radius 1 is 0.762 bits per heavy atom. The number of ether oxygens (including phenoxy) is 1. The predicted molar refractivity (Wildman–Crippen MR) is 89.2 cm³/mol. The summed E-state index contributed by atoms with van der Waals surface area (Å²) in [7, 11) is 0. The highest BCUT2D eigenvalue weighted by molar-refractivity contribution is 5.23. The van der Waals surface area contributed by atoms with Crippen molar-refractivity contribution in [2.75, 3.05) is 0 Å². The van der Waals surface area contributed by atoms with Gasteiger partial charge in [-0.05, 0) is 24.0 Å². The molecule has 0 atom stereocenters. The summed E-state index contributed by atoms with van der Waals surface area (Å²) in [5.74, 6) is 0. The Morgan fingerprint density at radius 2 is 1.29 bits per heavy atom. The first kappa shape index (κ1) is 15.8. The molecular weight excluding hydrogens is 256 g/mol. The van der Waals surface area contributed by atoms with Gasteiger partial charge in [0.05, 0.1) is 12.2 Å². The first-order valence-corrected chi connectivity index (χ1v) is 8.04. The first-order valence-electron chi connectivity index (χ1n) is 8.04. The van der Waals surface area contributed by atoms with E-state index in [-0.39, 0.29) is 5.60 Å². The summed E-state index contributed by atoms with van der Waals surface area (Å²) in [6.45, 7) is 5.15. The van der Waals surface area contributed by atoms with Crippen LogP contribution in [0.15, 0.2) is 60.7 Å². The van der Waals surface area contributed by atoms with Crippen LogP contribution in [-0.2, 0) is 16.9 Å². The van der Waals surface area contributed by atoms with Crippen molar-refractivity contribution in [3.05, 3.63) is 71.8 Å². The Morgan fingerprint density at radius 3 is 1.81 bits per heavy atom. The van der Waals surface area contributed by atoms with E-state index in [9.17, 15) is 0 Å². The van der Waals surface area contributed by atoms with Crippen molar-refractivity contribution in [1.29, 1.82) is 0 Å². The number of hydrogen-bond donors (Lipinski definition) is 0. The third-order valence-electron chi connectivity index (χ3n) is 3.97. The van der Waals surface area contributed by atoms with Gasteiger partial charge in [-0.1, -0.05) is 87.4 Å². The summed E-state index contributed by atoms with van der Waals surface area (Å²) in [5.41, 5.74) is 2.40. The van der Waals surface area contributed by atoms with Crippen molar-refractivity contribution >= 4 is 0 Å². The molecule has 0 spiro atoms. The van der Waals surface area contributed by atoms with Crippen LogP contribution >= 0.6 is 0 Å². The van der Waals surface area contributed by atoms with E-state index < -0.39 is 0 Å². The van der Waals surface area contributed by atoms with Gasteiger partial charge in [-0.25, -0.2) is 0 Å². The second-order valence-corrected chi connectivity index (χ2v) is 5.63. The van der Waals surface area contributed by atoms with Crippen molar-refractivity contribution in [2.45, 2.75) is 51.7 Å². The molecular formula is C20H26O. The highest BCUT2D eigenvalue weighted by Gasteiger charge is 2.31. The standard InChI is InChI=1S/C20H26O/c1-3-15-20(16-4-2,19-13-9-6-10-14-19)21-17-18-11-7-5-8-12-18/h5-14H,3-4,15-17H2,1-2H3. The SMILES string of the molecule is CCCC(CCC)(OCc1ccccc1)c1ccccc1. The zero-order valence-corrected chi connectivity index (χ0v) is 13.2. The van der Waals surface area contributed by atoms with Crippen LogP contribution in [0.3, 0.4) is 0 Å². The lowest BCUT2D eigenvalue weighted by Gasteiger charge is -2.34. The molecule has 0 radical (unpaired) electrons. The van der Waals surface area contributed by atoms with Crippen molar-refractivity contribution in [3.8, 4) is 0 Å². The molecule has 0 saturated heterocycles. The van der Waals surface area contributed by atoms with Crippen molar-refractivity contribution in [2.24, 2.45) is 0 Å². The van der Waals surface area contributed by atoms with Crippen LogP contribution in [-0.4, -0.2) is 0 Å². The summed E-state index contributed by atoms with van der Waals surface area (Å²) in [6, 6.07) is 21.2. The van der Waals surface area contributed by atoms with E-state index in [1.807, 2.05) is 6.07 Å². The van der Waals surface area contributed by atoms with Crippen LogP contribution < -0.4 is 0 Å². The molecule has 0 fully saturated rings. The molecule has 1 nitrogen and oxygen atoms in total. The largest absolute Gasteiger partial charge is 0.366 e. The summed E-state index contributed by atoms with van der Waals surface area (Å²) >= 11 is 0. The third-order valence-corrected chi connectivity index (χ3v) is 3.97. The molecule has 0 bridgehead atoms. The van der Waals surface area contributed by atoms with Gasteiger partial charge in [0.1, 0.15) is 0 Å². The predicted octanol–water partition coefficient (Wildman–Crippen LogP) is 5.70. The van der Waals surface area contributed by atoms with Gasteiger partial charge in [0, 0.05) is 0 Å². The zero-order valence-electron chi connectivity index (χ0n) is 13.2. The van der Waals surface area contributed by atoms with Crippen LogP contribution in [0.2, 0.25) is 0 Å². The van der Waals surface area contributed by atoms with E-state index in [0.29, 0.717) is 6.61 Å². The van der Waals surface area contributed by atoms with E-state index in [0.717, 1.165) is 25.7 Å². The summed E-state index contributed by atoms with van der Waals surface area (Å²) in [6.07, 6.45) is 4.39. The fraction of sp³-hybridized carbons (Fsp3) is 0.400. The van der Waals surface area contributed by atoms with Crippen LogP contribution in [0.4, 0.5) is 0 Å². The van der Waals surface area contributed by atoms with Gasteiger partial charge in [-0.15, -0.1) is 0 Å². The van der Waals surface area contributed by atoms with Crippen LogP contribution in [0, 0.1) is 0 Å². The Balaban J connectivity index is 2.22. The van der Waals surface area contributed by atoms with Crippen molar-refractivity contribution in [1.82, 2.24) is 0 Å². The van der Waals surface area contributed by atoms with Crippen LogP contribution in [0.5, 0.6) is 0 Å². The molecule has 0 unspecified atom stereocenters. The normalized spacial score (nSPS) is 11.5. The summed E-state index contributed by atoms with van der Waals surface area (Å²) < 4.78 is 6.48. The number of hydrogen-bond acceptors (Lipinski definition) is 1. The molecule has 0 aliphatic rings. The molecule has 2 aromatic carbocycles. The maximum absolute atomic E-state index is 6.48. The minimum absolute atomic E-state index is 0.152. The average molecular weight is 282 g/mol. The summed E-state index contributed by atoms with van der Waals surface area (Å²) in [4.78, 5) is 0. The highest BCUT2D eigenvalue weighted by Crippen LogP contribution is 2.36. The fourth-order valence-electron chi connectivity index (χ4n) is 2.99. The Kier molecular flexibility index (Phi) is 6.01. The fourth-order valence-corrected chi connectivity index (χ4v) is 2.99. The van der Waals surface area contributed by atoms with Crippen LogP contribution in [0.1, 0.15) is 50.7 Å².